The second kappa shape index (κ2) is 9.08. The lowest BCUT2D eigenvalue weighted by Crippen LogP contribution is -2.33. The summed E-state index contributed by atoms with van der Waals surface area (Å²) in [6.07, 6.45) is -0.471. The van der Waals surface area contributed by atoms with E-state index >= 15 is 0 Å². The zero-order valence-corrected chi connectivity index (χ0v) is 13.0. The predicted molar refractivity (Wildman–Crippen MR) is 80.8 cm³/mol. The Kier molecular flexibility index (Phi) is 7.77. The minimum Gasteiger partial charge on any atom is -0.389 e. The normalized spacial score (nSPS) is 14.5. The third-order valence-corrected chi connectivity index (χ3v) is 3.03. The molecule has 2 atom stereocenters. The minimum absolute atomic E-state index is 0.0109. The summed E-state index contributed by atoms with van der Waals surface area (Å²) in [5.41, 5.74) is 2.52. The Bertz CT molecular complexity index is 384. The molecule has 0 aliphatic rings. The highest BCUT2D eigenvalue weighted by Crippen LogP contribution is 2.07. The van der Waals surface area contributed by atoms with Crippen molar-refractivity contribution >= 4 is 0 Å². The first-order chi connectivity index (χ1) is 9.51. The van der Waals surface area contributed by atoms with Gasteiger partial charge in [-0.3, -0.25) is 4.90 Å². The molecule has 2 unspecified atom stereocenters. The van der Waals surface area contributed by atoms with Crippen LogP contribution in [0, 0.1) is 6.92 Å². The van der Waals surface area contributed by atoms with E-state index in [0.717, 1.165) is 6.54 Å². The third kappa shape index (κ3) is 7.01. The van der Waals surface area contributed by atoms with E-state index in [-0.39, 0.29) is 6.10 Å². The van der Waals surface area contributed by atoms with Gasteiger partial charge in [-0.25, -0.2) is 0 Å². The summed E-state index contributed by atoms with van der Waals surface area (Å²) in [7, 11) is 3.65. The van der Waals surface area contributed by atoms with Gasteiger partial charge in [0.25, 0.3) is 0 Å². The molecule has 1 N–H and O–H groups in total. The second-order valence-corrected chi connectivity index (χ2v) is 5.44. The van der Waals surface area contributed by atoms with Gasteiger partial charge in [-0.05, 0) is 26.5 Å². The van der Waals surface area contributed by atoms with Crippen molar-refractivity contribution < 1.29 is 14.6 Å². The molecule has 0 bridgehead atoms. The molecule has 0 spiro atoms. The highest BCUT2D eigenvalue weighted by Gasteiger charge is 2.11. The highest BCUT2D eigenvalue weighted by molar-refractivity contribution is 5.21. The van der Waals surface area contributed by atoms with E-state index in [4.69, 9.17) is 9.47 Å². The van der Waals surface area contributed by atoms with Gasteiger partial charge >= 0.3 is 0 Å². The zero-order valence-electron chi connectivity index (χ0n) is 13.0. The van der Waals surface area contributed by atoms with Crippen LogP contribution in [0.2, 0.25) is 0 Å². The van der Waals surface area contributed by atoms with E-state index in [1.165, 1.54) is 11.1 Å². The SMILES string of the molecule is COCC(C)OCC(O)CN(C)Cc1cccc(C)c1. The lowest BCUT2D eigenvalue weighted by Gasteiger charge is -2.22. The number of benzene rings is 1. The molecule has 0 saturated heterocycles. The number of methoxy groups -OCH3 is 1. The van der Waals surface area contributed by atoms with Crippen LogP contribution in [0.25, 0.3) is 0 Å². The molecule has 0 amide bonds. The smallest absolute Gasteiger partial charge is 0.0900 e. The predicted octanol–water partition coefficient (Wildman–Crippen LogP) is 1.84. The van der Waals surface area contributed by atoms with Crippen molar-refractivity contribution in [1.82, 2.24) is 4.90 Å². The lowest BCUT2D eigenvalue weighted by atomic mass is 10.1. The summed E-state index contributed by atoms with van der Waals surface area (Å²) in [6, 6.07) is 8.42. The van der Waals surface area contributed by atoms with Gasteiger partial charge in [0.05, 0.1) is 25.4 Å². The molecule has 0 aliphatic heterocycles. The number of nitrogens with zero attached hydrogens (tertiary/aromatic N) is 1. The van der Waals surface area contributed by atoms with Crippen molar-refractivity contribution in [3.63, 3.8) is 0 Å². The van der Waals surface area contributed by atoms with Crippen LogP contribution in [0.1, 0.15) is 18.1 Å². The first kappa shape index (κ1) is 17.1. The Hall–Kier alpha value is -0.940. The van der Waals surface area contributed by atoms with Crippen LogP contribution in [0.5, 0.6) is 0 Å². The molecule has 0 aliphatic carbocycles. The van der Waals surface area contributed by atoms with E-state index in [1.54, 1.807) is 7.11 Å². The molecule has 1 aromatic rings. The molecular formula is C16H27NO3. The van der Waals surface area contributed by atoms with Gasteiger partial charge in [0.2, 0.25) is 0 Å². The highest BCUT2D eigenvalue weighted by atomic mass is 16.5. The van der Waals surface area contributed by atoms with Gasteiger partial charge in [0.15, 0.2) is 0 Å². The first-order valence-electron chi connectivity index (χ1n) is 7.04. The van der Waals surface area contributed by atoms with Crippen molar-refractivity contribution in [2.75, 3.05) is 33.9 Å². The van der Waals surface area contributed by atoms with Crippen LogP contribution in [-0.2, 0) is 16.0 Å². The molecule has 114 valence electrons. The summed E-state index contributed by atoms with van der Waals surface area (Å²) >= 11 is 0. The molecule has 1 aromatic carbocycles. The fraction of sp³-hybridized carbons (Fsp3) is 0.625. The number of aliphatic hydroxyl groups is 1. The van der Waals surface area contributed by atoms with Gasteiger partial charge in [-0.1, -0.05) is 29.8 Å². The number of rotatable bonds is 9. The molecule has 1 rings (SSSR count). The summed E-state index contributed by atoms with van der Waals surface area (Å²) in [4.78, 5) is 2.10. The fourth-order valence-electron chi connectivity index (χ4n) is 2.16. The topological polar surface area (TPSA) is 41.9 Å². The quantitative estimate of drug-likeness (QED) is 0.750. The molecule has 20 heavy (non-hydrogen) atoms. The molecular weight excluding hydrogens is 254 g/mol. The number of likely N-dealkylation sites (N-methyl/N-ethyl adjacent to an activating group) is 1. The zero-order chi connectivity index (χ0) is 15.0. The number of ether oxygens (including phenoxy) is 2. The minimum atomic E-state index is -0.482. The number of aryl methyl sites for hydroxylation is 1. The van der Waals surface area contributed by atoms with E-state index in [9.17, 15) is 5.11 Å². The number of hydrogen-bond acceptors (Lipinski definition) is 4. The standard InChI is InChI=1S/C16H27NO3/c1-13-6-5-7-15(8-13)9-17(3)10-16(18)12-20-14(2)11-19-4/h5-8,14,16,18H,9-12H2,1-4H3. The van der Waals surface area contributed by atoms with Crippen LogP contribution in [0.3, 0.4) is 0 Å². The average molecular weight is 281 g/mol. The maximum atomic E-state index is 9.96. The monoisotopic (exact) mass is 281 g/mol. The Labute approximate surface area is 122 Å². The first-order valence-corrected chi connectivity index (χ1v) is 7.04. The Morgan fingerprint density at radius 2 is 2.05 bits per heavy atom. The molecule has 0 saturated carbocycles. The molecule has 0 aromatic heterocycles. The molecule has 0 fully saturated rings. The van der Waals surface area contributed by atoms with Crippen LogP contribution in [-0.4, -0.2) is 56.1 Å². The van der Waals surface area contributed by atoms with Gasteiger partial charge < -0.3 is 14.6 Å². The molecule has 4 nitrogen and oxygen atoms in total. The van der Waals surface area contributed by atoms with Crippen molar-refractivity contribution in [2.24, 2.45) is 0 Å². The van der Waals surface area contributed by atoms with E-state index in [1.807, 2.05) is 14.0 Å². The Balaban J connectivity index is 2.29. The van der Waals surface area contributed by atoms with Crippen LogP contribution < -0.4 is 0 Å². The summed E-state index contributed by atoms with van der Waals surface area (Å²) in [6.45, 7) is 6.32. The average Bonchev–Trinajstić information content (AvgIpc) is 2.36. The van der Waals surface area contributed by atoms with Gasteiger partial charge in [-0.15, -0.1) is 0 Å². The maximum Gasteiger partial charge on any atom is 0.0900 e. The van der Waals surface area contributed by atoms with E-state index in [0.29, 0.717) is 19.8 Å². The van der Waals surface area contributed by atoms with Crippen molar-refractivity contribution in [3.8, 4) is 0 Å². The maximum absolute atomic E-state index is 9.96. The van der Waals surface area contributed by atoms with Crippen LogP contribution in [0.4, 0.5) is 0 Å². The van der Waals surface area contributed by atoms with Gasteiger partial charge in [-0.2, -0.15) is 0 Å². The molecule has 4 heteroatoms. The Morgan fingerprint density at radius 3 is 2.70 bits per heavy atom. The van der Waals surface area contributed by atoms with Crippen molar-refractivity contribution in [1.29, 1.82) is 0 Å². The van der Waals surface area contributed by atoms with E-state index in [2.05, 4.69) is 36.1 Å². The van der Waals surface area contributed by atoms with Crippen LogP contribution >= 0.6 is 0 Å². The fourth-order valence-corrected chi connectivity index (χ4v) is 2.16. The lowest BCUT2D eigenvalue weighted by molar-refractivity contribution is -0.0385. The Morgan fingerprint density at radius 1 is 1.30 bits per heavy atom. The molecule has 0 heterocycles. The van der Waals surface area contributed by atoms with Crippen LogP contribution in [0.15, 0.2) is 24.3 Å². The summed E-state index contributed by atoms with van der Waals surface area (Å²) < 4.78 is 10.5. The number of aliphatic hydroxyl groups excluding tert-OH is 1. The second-order valence-electron chi connectivity index (χ2n) is 5.44. The summed E-state index contributed by atoms with van der Waals surface area (Å²) in [5.74, 6) is 0. The van der Waals surface area contributed by atoms with Crippen molar-refractivity contribution in [3.05, 3.63) is 35.4 Å². The summed E-state index contributed by atoms with van der Waals surface area (Å²) in [5, 5.41) is 9.96. The largest absolute Gasteiger partial charge is 0.389 e. The molecule has 0 radical (unpaired) electrons. The number of hydrogen-bond donors (Lipinski definition) is 1. The van der Waals surface area contributed by atoms with Gasteiger partial charge in [0, 0.05) is 20.2 Å². The van der Waals surface area contributed by atoms with Gasteiger partial charge in [0.1, 0.15) is 0 Å². The third-order valence-electron chi connectivity index (χ3n) is 3.03. The van der Waals surface area contributed by atoms with E-state index < -0.39 is 6.10 Å². The van der Waals surface area contributed by atoms with Crippen molar-refractivity contribution in [2.45, 2.75) is 32.6 Å².